The molecule has 0 saturated carbocycles. The number of nitrogens with zero attached hydrogens (tertiary/aromatic N) is 3. The Balaban J connectivity index is 2.02. The Labute approximate surface area is 207 Å². The molecule has 0 bridgehead atoms. The first-order valence-electron chi connectivity index (χ1n) is 11.1. The summed E-state index contributed by atoms with van der Waals surface area (Å²) in [5.41, 5.74) is 0.259. The van der Waals surface area contributed by atoms with Crippen LogP contribution in [0.25, 0.3) is 0 Å². The van der Waals surface area contributed by atoms with Crippen molar-refractivity contribution in [2.45, 2.75) is 51.6 Å². The molecule has 0 fully saturated rings. The topological polar surface area (TPSA) is 145 Å². The zero-order chi connectivity index (χ0) is 26.6. The van der Waals surface area contributed by atoms with Gasteiger partial charge in [0.05, 0.1) is 4.92 Å². The molecular weight excluding hydrogens is 493 g/mol. The summed E-state index contributed by atoms with van der Waals surface area (Å²) < 4.78 is 49.0. The minimum absolute atomic E-state index is 0.0141. The Morgan fingerprint density at radius 2 is 1.89 bits per heavy atom. The number of nitro benzene ring substituents is 1. The number of rotatable bonds is 10. The lowest BCUT2D eigenvalue weighted by atomic mass is 10.2. The van der Waals surface area contributed by atoms with Crippen LogP contribution < -0.4 is 14.8 Å². The minimum Gasteiger partial charge on any atom is -0.438 e. The first kappa shape index (κ1) is 26.8. The van der Waals surface area contributed by atoms with Gasteiger partial charge in [0, 0.05) is 36.0 Å². The van der Waals surface area contributed by atoms with Crippen LogP contribution in [0.4, 0.5) is 15.8 Å². The van der Waals surface area contributed by atoms with E-state index in [0.717, 1.165) is 12.1 Å². The molecule has 3 aromatic rings. The number of hydrogen-bond donors (Lipinski definition) is 2. The predicted molar refractivity (Wildman–Crippen MR) is 130 cm³/mol. The SMILES string of the molecule is CCC(C)NS(=O)(=O)c1cc([N+](=O)[O-])ccc1Oc1c(C)c(C(=O)Nc2ccc(F)cc2)nn1CC. The van der Waals surface area contributed by atoms with Gasteiger partial charge in [-0.1, -0.05) is 6.92 Å². The molecule has 1 atom stereocenters. The van der Waals surface area contributed by atoms with Gasteiger partial charge < -0.3 is 10.1 Å². The van der Waals surface area contributed by atoms with E-state index in [1.54, 1.807) is 27.7 Å². The van der Waals surface area contributed by atoms with Gasteiger partial charge in [-0.25, -0.2) is 22.2 Å². The number of aromatic nitrogens is 2. The number of ether oxygens (including phenoxy) is 1. The summed E-state index contributed by atoms with van der Waals surface area (Å²) in [6, 6.07) is 8.01. The van der Waals surface area contributed by atoms with Gasteiger partial charge in [0.1, 0.15) is 16.5 Å². The smallest absolute Gasteiger partial charge is 0.276 e. The van der Waals surface area contributed by atoms with Gasteiger partial charge in [-0.2, -0.15) is 5.10 Å². The second-order valence-corrected chi connectivity index (χ2v) is 9.66. The fourth-order valence-corrected chi connectivity index (χ4v) is 4.71. The number of anilines is 1. The number of carbonyl (C=O) groups excluding carboxylic acids is 1. The number of aryl methyl sites for hydroxylation is 1. The number of nitrogens with one attached hydrogen (secondary N) is 2. The van der Waals surface area contributed by atoms with Gasteiger partial charge in [-0.3, -0.25) is 14.9 Å². The van der Waals surface area contributed by atoms with Crippen molar-refractivity contribution in [3.63, 3.8) is 0 Å². The van der Waals surface area contributed by atoms with E-state index < -0.39 is 43.3 Å². The third kappa shape index (κ3) is 5.86. The summed E-state index contributed by atoms with van der Waals surface area (Å²) in [6.45, 7) is 7.06. The van der Waals surface area contributed by atoms with E-state index in [1.807, 2.05) is 0 Å². The first-order chi connectivity index (χ1) is 17.0. The van der Waals surface area contributed by atoms with E-state index in [4.69, 9.17) is 4.74 Å². The summed E-state index contributed by atoms with van der Waals surface area (Å²) in [6.07, 6.45) is 0.499. The maximum absolute atomic E-state index is 13.2. The average Bonchev–Trinajstić information content (AvgIpc) is 3.15. The van der Waals surface area contributed by atoms with Gasteiger partial charge in [-0.05, 0) is 57.5 Å². The molecule has 0 spiro atoms. The van der Waals surface area contributed by atoms with Crippen LogP contribution in [0.3, 0.4) is 0 Å². The van der Waals surface area contributed by atoms with E-state index in [9.17, 15) is 27.7 Å². The summed E-state index contributed by atoms with van der Waals surface area (Å²) >= 11 is 0. The van der Waals surface area contributed by atoms with Crippen LogP contribution in [0.5, 0.6) is 11.6 Å². The van der Waals surface area contributed by atoms with E-state index >= 15 is 0 Å². The van der Waals surface area contributed by atoms with Gasteiger partial charge in [0.25, 0.3) is 11.6 Å². The number of nitro groups is 1. The van der Waals surface area contributed by atoms with Crippen LogP contribution >= 0.6 is 0 Å². The molecule has 1 unspecified atom stereocenters. The number of amides is 1. The van der Waals surface area contributed by atoms with Crippen molar-refractivity contribution in [3.8, 4) is 11.6 Å². The van der Waals surface area contributed by atoms with Crippen LogP contribution in [-0.2, 0) is 16.6 Å². The second-order valence-electron chi connectivity index (χ2n) is 7.98. The van der Waals surface area contributed by atoms with Crippen molar-refractivity contribution >= 4 is 27.3 Å². The number of sulfonamides is 1. The molecule has 1 aromatic heterocycles. The quantitative estimate of drug-likeness (QED) is 0.299. The minimum atomic E-state index is -4.18. The maximum atomic E-state index is 13.2. The molecule has 0 saturated heterocycles. The number of non-ortho nitro benzene ring substituents is 1. The second kappa shape index (κ2) is 10.8. The molecule has 11 nitrogen and oxygen atoms in total. The molecular formula is C23H26FN5O6S. The monoisotopic (exact) mass is 519 g/mol. The van der Waals surface area contributed by atoms with E-state index in [0.29, 0.717) is 17.7 Å². The van der Waals surface area contributed by atoms with Crippen molar-refractivity contribution in [3.05, 3.63) is 69.7 Å². The third-order valence-corrected chi connectivity index (χ3v) is 6.96. The highest BCUT2D eigenvalue weighted by molar-refractivity contribution is 7.89. The highest BCUT2D eigenvalue weighted by atomic mass is 32.2. The Morgan fingerprint density at radius 1 is 1.22 bits per heavy atom. The van der Waals surface area contributed by atoms with Crippen molar-refractivity contribution in [2.75, 3.05) is 5.32 Å². The largest absolute Gasteiger partial charge is 0.438 e. The molecule has 36 heavy (non-hydrogen) atoms. The Hall–Kier alpha value is -3.84. The molecule has 2 N–H and O–H groups in total. The van der Waals surface area contributed by atoms with Crippen molar-refractivity contribution in [1.82, 2.24) is 14.5 Å². The fourth-order valence-electron chi connectivity index (χ4n) is 3.24. The van der Waals surface area contributed by atoms with Crippen LogP contribution in [0.1, 0.15) is 43.2 Å². The Morgan fingerprint density at radius 3 is 2.47 bits per heavy atom. The normalized spacial score (nSPS) is 12.2. The van der Waals surface area contributed by atoms with Gasteiger partial charge in [0.15, 0.2) is 5.69 Å². The molecule has 0 aliphatic heterocycles. The summed E-state index contributed by atoms with van der Waals surface area (Å²) in [5, 5.41) is 18.2. The van der Waals surface area contributed by atoms with Crippen LogP contribution in [0.15, 0.2) is 47.4 Å². The highest BCUT2D eigenvalue weighted by Crippen LogP contribution is 2.34. The van der Waals surface area contributed by atoms with Crippen molar-refractivity contribution in [2.24, 2.45) is 0 Å². The average molecular weight is 520 g/mol. The van der Waals surface area contributed by atoms with Crippen molar-refractivity contribution in [1.29, 1.82) is 0 Å². The molecule has 0 radical (unpaired) electrons. The Kier molecular flexibility index (Phi) is 8.05. The first-order valence-corrected chi connectivity index (χ1v) is 12.6. The molecule has 1 amide bonds. The lowest BCUT2D eigenvalue weighted by Crippen LogP contribution is -2.32. The molecule has 3 rings (SSSR count). The number of hydrogen-bond acceptors (Lipinski definition) is 7. The summed E-state index contributed by atoms with van der Waals surface area (Å²) in [4.78, 5) is 23.0. The Bertz CT molecular complexity index is 1390. The lowest BCUT2D eigenvalue weighted by molar-refractivity contribution is -0.385. The van der Waals surface area contributed by atoms with Crippen LogP contribution in [0.2, 0.25) is 0 Å². The molecule has 0 aliphatic rings. The fraction of sp³-hybridized carbons (Fsp3) is 0.304. The molecule has 13 heteroatoms. The summed E-state index contributed by atoms with van der Waals surface area (Å²) in [7, 11) is -4.18. The van der Waals surface area contributed by atoms with Crippen LogP contribution in [0, 0.1) is 22.9 Å². The zero-order valence-corrected chi connectivity index (χ0v) is 20.9. The molecule has 2 aromatic carbocycles. The third-order valence-electron chi connectivity index (χ3n) is 5.35. The number of carbonyl (C=O) groups is 1. The maximum Gasteiger partial charge on any atom is 0.276 e. The van der Waals surface area contributed by atoms with Gasteiger partial charge in [0.2, 0.25) is 15.9 Å². The van der Waals surface area contributed by atoms with Crippen molar-refractivity contribution < 1.29 is 27.3 Å². The number of benzene rings is 2. The number of halogens is 1. The van der Waals surface area contributed by atoms with E-state index in [2.05, 4.69) is 15.1 Å². The molecule has 0 aliphatic carbocycles. The standard InChI is InChI=1S/C23H26FN5O6S/c1-5-14(3)27-36(33,34)20-13-18(29(31)32)11-12-19(20)35-23-15(4)21(26-28(23)6-2)22(30)25-17-9-7-16(24)8-10-17/h7-14,27H,5-6H2,1-4H3,(H,25,30). The lowest BCUT2D eigenvalue weighted by Gasteiger charge is -2.16. The van der Waals surface area contributed by atoms with Gasteiger partial charge in [-0.15, -0.1) is 0 Å². The van der Waals surface area contributed by atoms with E-state index in [1.165, 1.54) is 35.0 Å². The van der Waals surface area contributed by atoms with Crippen LogP contribution in [-0.4, -0.2) is 35.1 Å². The van der Waals surface area contributed by atoms with E-state index in [-0.39, 0.29) is 23.9 Å². The highest BCUT2D eigenvalue weighted by Gasteiger charge is 2.28. The van der Waals surface area contributed by atoms with Gasteiger partial charge >= 0.3 is 0 Å². The predicted octanol–water partition coefficient (Wildman–Crippen LogP) is 4.38. The zero-order valence-electron chi connectivity index (χ0n) is 20.1. The molecule has 192 valence electrons. The summed E-state index contributed by atoms with van der Waals surface area (Å²) in [5.74, 6) is -1.10. The molecule has 1 heterocycles.